The molecule has 2 heterocycles. The minimum atomic E-state index is -0.488. The van der Waals surface area contributed by atoms with Gasteiger partial charge in [-0.2, -0.15) is 5.10 Å². The molecule has 1 saturated heterocycles. The molecule has 0 saturated carbocycles. The second-order valence-corrected chi connectivity index (χ2v) is 5.56. The van der Waals surface area contributed by atoms with Gasteiger partial charge in [-0.1, -0.05) is 0 Å². The molecule has 1 N–H and O–H groups in total. The maximum absolute atomic E-state index is 11.7. The molecule has 1 fully saturated rings. The molecular formula is C14H21N5O4. The second kappa shape index (κ2) is 7.70. The third-order valence-electron chi connectivity index (χ3n) is 3.78. The summed E-state index contributed by atoms with van der Waals surface area (Å²) in [6.45, 7) is 3.86. The van der Waals surface area contributed by atoms with Gasteiger partial charge in [0.25, 0.3) is 0 Å². The quantitative estimate of drug-likeness (QED) is 0.428. The molecule has 0 aromatic carbocycles. The van der Waals surface area contributed by atoms with Gasteiger partial charge in [0, 0.05) is 39.0 Å². The Kier molecular flexibility index (Phi) is 5.67. The van der Waals surface area contributed by atoms with Gasteiger partial charge in [0.15, 0.2) is 0 Å². The van der Waals surface area contributed by atoms with Gasteiger partial charge in [-0.15, -0.1) is 0 Å². The zero-order valence-corrected chi connectivity index (χ0v) is 13.2. The number of nitrogens with one attached hydrogen (secondary N) is 1. The Bertz CT molecular complexity index is 598. The van der Waals surface area contributed by atoms with E-state index in [-0.39, 0.29) is 23.9 Å². The normalized spacial score (nSPS) is 14.3. The van der Waals surface area contributed by atoms with E-state index in [1.807, 2.05) is 4.90 Å². The SMILES string of the molecule is Cc1nn(CCC(=O)NCCCN2CCCC2=O)cc1[N+](=O)[O-]. The lowest BCUT2D eigenvalue weighted by Crippen LogP contribution is -2.31. The maximum atomic E-state index is 11.7. The van der Waals surface area contributed by atoms with E-state index in [9.17, 15) is 19.7 Å². The minimum Gasteiger partial charge on any atom is -0.356 e. The third kappa shape index (κ3) is 4.76. The number of aryl methyl sites for hydroxylation is 2. The van der Waals surface area contributed by atoms with Crippen molar-refractivity contribution in [3.8, 4) is 0 Å². The molecule has 23 heavy (non-hydrogen) atoms. The fourth-order valence-corrected chi connectivity index (χ4v) is 2.54. The minimum absolute atomic E-state index is 0.0410. The number of rotatable bonds is 8. The molecule has 1 aromatic rings. The van der Waals surface area contributed by atoms with E-state index in [0.29, 0.717) is 31.7 Å². The Morgan fingerprint density at radius 3 is 2.87 bits per heavy atom. The number of nitro groups is 1. The Morgan fingerprint density at radius 2 is 2.26 bits per heavy atom. The van der Waals surface area contributed by atoms with E-state index in [0.717, 1.165) is 19.4 Å². The molecule has 0 atom stereocenters. The number of nitrogens with zero attached hydrogens (tertiary/aromatic N) is 4. The highest BCUT2D eigenvalue weighted by Crippen LogP contribution is 2.15. The predicted molar refractivity (Wildman–Crippen MR) is 81.7 cm³/mol. The van der Waals surface area contributed by atoms with Crippen molar-refractivity contribution in [1.82, 2.24) is 20.0 Å². The monoisotopic (exact) mass is 323 g/mol. The average Bonchev–Trinajstić information content (AvgIpc) is 3.07. The third-order valence-corrected chi connectivity index (χ3v) is 3.78. The largest absolute Gasteiger partial charge is 0.356 e. The van der Waals surface area contributed by atoms with E-state index < -0.39 is 4.92 Å². The van der Waals surface area contributed by atoms with Crippen LogP contribution in [0.5, 0.6) is 0 Å². The van der Waals surface area contributed by atoms with Crippen LogP contribution in [0, 0.1) is 17.0 Å². The first-order chi connectivity index (χ1) is 11.0. The van der Waals surface area contributed by atoms with Crippen LogP contribution in [0.2, 0.25) is 0 Å². The maximum Gasteiger partial charge on any atom is 0.309 e. The standard InChI is InChI=1S/C14H21N5O4/c1-11-12(19(22)23)10-18(16-11)9-5-13(20)15-6-3-8-17-7-2-4-14(17)21/h10H,2-9H2,1H3,(H,15,20). The van der Waals surface area contributed by atoms with E-state index in [4.69, 9.17) is 0 Å². The summed E-state index contributed by atoms with van der Waals surface area (Å²) in [6, 6.07) is 0. The van der Waals surface area contributed by atoms with Crippen molar-refractivity contribution in [3.05, 3.63) is 22.0 Å². The lowest BCUT2D eigenvalue weighted by Gasteiger charge is -2.15. The second-order valence-electron chi connectivity index (χ2n) is 5.56. The molecular weight excluding hydrogens is 302 g/mol. The smallest absolute Gasteiger partial charge is 0.309 e. The van der Waals surface area contributed by atoms with Crippen LogP contribution in [-0.4, -0.2) is 51.1 Å². The van der Waals surface area contributed by atoms with Gasteiger partial charge in [0.2, 0.25) is 11.8 Å². The van der Waals surface area contributed by atoms with Crippen molar-refractivity contribution in [2.45, 2.75) is 39.2 Å². The van der Waals surface area contributed by atoms with Crippen LogP contribution in [0.25, 0.3) is 0 Å². The zero-order valence-electron chi connectivity index (χ0n) is 13.2. The lowest BCUT2D eigenvalue weighted by molar-refractivity contribution is -0.385. The number of aromatic nitrogens is 2. The number of hydrogen-bond acceptors (Lipinski definition) is 5. The number of carbonyl (C=O) groups is 2. The van der Waals surface area contributed by atoms with E-state index in [1.54, 1.807) is 6.92 Å². The first kappa shape index (κ1) is 16.9. The highest BCUT2D eigenvalue weighted by atomic mass is 16.6. The van der Waals surface area contributed by atoms with E-state index >= 15 is 0 Å². The van der Waals surface area contributed by atoms with Crippen molar-refractivity contribution < 1.29 is 14.5 Å². The van der Waals surface area contributed by atoms with Gasteiger partial charge in [0.1, 0.15) is 11.9 Å². The summed E-state index contributed by atoms with van der Waals surface area (Å²) in [5, 5.41) is 17.5. The summed E-state index contributed by atoms with van der Waals surface area (Å²) in [7, 11) is 0. The zero-order chi connectivity index (χ0) is 16.8. The molecule has 1 aliphatic rings. The van der Waals surface area contributed by atoms with Crippen molar-refractivity contribution in [1.29, 1.82) is 0 Å². The van der Waals surface area contributed by atoms with E-state index in [2.05, 4.69) is 10.4 Å². The van der Waals surface area contributed by atoms with Crippen LogP contribution in [0.4, 0.5) is 5.69 Å². The van der Waals surface area contributed by atoms with Gasteiger partial charge < -0.3 is 10.2 Å². The number of amides is 2. The molecule has 0 radical (unpaired) electrons. The van der Waals surface area contributed by atoms with Crippen LogP contribution in [0.15, 0.2) is 6.20 Å². The molecule has 9 heteroatoms. The van der Waals surface area contributed by atoms with Gasteiger partial charge >= 0.3 is 5.69 Å². The van der Waals surface area contributed by atoms with Gasteiger partial charge in [-0.25, -0.2) is 0 Å². The molecule has 0 aliphatic carbocycles. The lowest BCUT2D eigenvalue weighted by atomic mass is 10.3. The van der Waals surface area contributed by atoms with Crippen molar-refractivity contribution in [2.24, 2.45) is 0 Å². The van der Waals surface area contributed by atoms with Gasteiger partial charge in [-0.05, 0) is 19.8 Å². The average molecular weight is 323 g/mol. The first-order valence-electron chi connectivity index (χ1n) is 7.70. The number of hydrogen-bond donors (Lipinski definition) is 1. The fourth-order valence-electron chi connectivity index (χ4n) is 2.54. The molecule has 0 spiro atoms. The van der Waals surface area contributed by atoms with Gasteiger partial charge in [-0.3, -0.25) is 24.4 Å². The van der Waals surface area contributed by atoms with Crippen LogP contribution in [-0.2, 0) is 16.1 Å². The summed E-state index contributed by atoms with van der Waals surface area (Å²) in [5.41, 5.74) is 0.298. The Hall–Kier alpha value is -2.45. The van der Waals surface area contributed by atoms with Crippen molar-refractivity contribution >= 4 is 17.5 Å². The molecule has 2 amide bonds. The highest BCUT2D eigenvalue weighted by molar-refractivity contribution is 5.78. The molecule has 9 nitrogen and oxygen atoms in total. The Morgan fingerprint density at radius 1 is 1.48 bits per heavy atom. The highest BCUT2D eigenvalue weighted by Gasteiger charge is 2.19. The molecule has 126 valence electrons. The number of carbonyl (C=O) groups excluding carboxylic acids is 2. The van der Waals surface area contributed by atoms with Gasteiger partial charge in [0.05, 0.1) is 4.92 Å². The molecule has 0 unspecified atom stereocenters. The molecule has 2 rings (SSSR count). The Labute approximate surface area is 133 Å². The summed E-state index contributed by atoms with van der Waals surface area (Å²) in [5.74, 6) is 0.0560. The summed E-state index contributed by atoms with van der Waals surface area (Å²) >= 11 is 0. The first-order valence-corrected chi connectivity index (χ1v) is 7.70. The topological polar surface area (TPSA) is 110 Å². The molecule has 0 bridgehead atoms. The van der Waals surface area contributed by atoms with Crippen LogP contribution in [0.3, 0.4) is 0 Å². The van der Waals surface area contributed by atoms with Crippen LogP contribution < -0.4 is 5.32 Å². The van der Waals surface area contributed by atoms with Crippen molar-refractivity contribution in [3.63, 3.8) is 0 Å². The molecule has 1 aromatic heterocycles. The molecule has 1 aliphatic heterocycles. The van der Waals surface area contributed by atoms with Crippen LogP contribution in [0.1, 0.15) is 31.4 Å². The summed E-state index contributed by atoms with van der Waals surface area (Å²) in [4.78, 5) is 35.2. The summed E-state index contributed by atoms with van der Waals surface area (Å²) in [6.07, 6.45) is 3.81. The fraction of sp³-hybridized carbons (Fsp3) is 0.643. The van der Waals surface area contributed by atoms with E-state index in [1.165, 1.54) is 10.9 Å². The predicted octanol–water partition coefficient (Wildman–Crippen LogP) is 0.619. The van der Waals surface area contributed by atoms with Crippen molar-refractivity contribution in [2.75, 3.05) is 19.6 Å². The summed E-state index contributed by atoms with van der Waals surface area (Å²) < 4.78 is 1.41. The number of likely N-dealkylation sites (tertiary alicyclic amines) is 1. The van der Waals surface area contributed by atoms with Crippen LogP contribution >= 0.6 is 0 Å². The Balaban J connectivity index is 1.64.